The Hall–Kier alpha value is -2.06. The molecular formula is C19H29N9O2S2. The van der Waals surface area contributed by atoms with Crippen LogP contribution in [0.2, 0.25) is 0 Å². The number of aromatic nitrogens is 4. The Morgan fingerprint density at radius 1 is 1.28 bits per heavy atom. The molecule has 0 radical (unpaired) electrons. The van der Waals surface area contributed by atoms with Gasteiger partial charge in [-0.2, -0.15) is 5.21 Å². The summed E-state index contributed by atoms with van der Waals surface area (Å²) in [6.07, 6.45) is 5.85. The van der Waals surface area contributed by atoms with Gasteiger partial charge in [-0.25, -0.2) is 18.0 Å². The van der Waals surface area contributed by atoms with Gasteiger partial charge in [0, 0.05) is 49.4 Å². The average Bonchev–Trinajstić information content (AvgIpc) is 3.48. The fourth-order valence-electron chi connectivity index (χ4n) is 4.33. The number of nitrogens with one attached hydrogen (secondary N) is 2. The maximum Gasteiger partial charge on any atom is 0.240 e. The van der Waals surface area contributed by atoms with Gasteiger partial charge in [0.2, 0.25) is 15.8 Å². The zero-order valence-electron chi connectivity index (χ0n) is 17.8. The predicted octanol–water partition coefficient (Wildman–Crippen LogP) is 0.767. The molecule has 3 heterocycles. The van der Waals surface area contributed by atoms with E-state index < -0.39 is 10.0 Å². The fraction of sp³-hybridized carbons (Fsp3) is 0.579. The Balaban J connectivity index is 1.71. The van der Waals surface area contributed by atoms with E-state index in [0.29, 0.717) is 28.8 Å². The van der Waals surface area contributed by atoms with E-state index >= 15 is 0 Å². The first-order valence-corrected chi connectivity index (χ1v) is 13.1. The maximum absolute atomic E-state index is 12.7. The molecule has 1 atom stereocenters. The third kappa shape index (κ3) is 5.29. The summed E-state index contributed by atoms with van der Waals surface area (Å²) in [7, 11) is -4.09. The van der Waals surface area contributed by atoms with Crippen LogP contribution in [-0.4, -0.2) is 68.0 Å². The van der Waals surface area contributed by atoms with Crippen molar-refractivity contribution in [1.82, 2.24) is 25.9 Å². The van der Waals surface area contributed by atoms with Crippen LogP contribution < -0.4 is 21.1 Å². The van der Waals surface area contributed by atoms with Gasteiger partial charge in [0.15, 0.2) is 0 Å². The van der Waals surface area contributed by atoms with Crippen molar-refractivity contribution in [3.05, 3.63) is 12.1 Å². The lowest BCUT2D eigenvalue weighted by molar-refractivity contribution is 0.386. The summed E-state index contributed by atoms with van der Waals surface area (Å²) in [4.78, 5) is 2.58. The van der Waals surface area contributed by atoms with E-state index in [4.69, 9.17) is 10.9 Å². The molecule has 0 bridgehead atoms. The molecule has 1 aromatic heterocycles. The minimum Gasteiger partial charge on any atom is -0.371 e. The second-order valence-electron chi connectivity index (χ2n) is 8.17. The molecule has 0 aliphatic carbocycles. The number of nitrogens with two attached hydrogens (primary N) is 2. The van der Waals surface area contributed by atoms with Crippen LogP contribution in [0.15, 0.2) is 26.3 Å². The smallest absolute Gasteiger partial charge is 0.240 e. The normalized spacial score (nSPS) is 20.4. The van der Waals surface area contributed by atoms with E-state index in [1.165, 1.54) is 0 Å². The van der Waals surface area contributed by atoms with Crippen LogP contribution in [0.3, 0.4) is 0 Å². The Morgan fingerprint density at radius 3 is 2.72 bits per heavy atom. The minimum atomic E-state index is -4.09. The zero-order chi connectivity index (χ0) is 22.6. The summed E-state index contributed by atoms with van der Waals surface area (Å²) < 4.78 is 29.9. The van der Waals surface area contributed by atoms with Gasteiger partial charge in [0.25, 0.3) is 0 Å². The van der Waals surface area contributed by atoms with Crippen molar-refractivity contribution in [2.24, 2.45) is 27.1 Å². The highest BCUT2D eigenvalue weighted by molar-refractivity contribution is 7.99. The molecule has 2 aliphatic rings. The summed E-state index contributed by atoms with van der Waals surface area (Å²) in [6, 6.07) is 3.66. The first kappa shape index (κ1) is 23.1. The number of aromatic amines is 1. The van der Waals surface area contributed by atoms with Crippen LogP contribution in [0.25, 0.3) is 11.4 Å². The highest BCUT2D eigenvalue weighted by Gasteiger charge is 2.30. The van der Waals surface area contributed by atoms with Gasteiger partial charge in [-0.3, -0.25) is 0 Å². The van der Waals surface area contributed by atoms with Crippen molar-refractivity contribution in [3.8, 4) is 11.4 Å². The van der Waals surface area contributed by atoms with Gasteiger partial charge in [0.1, 0.15) is 4.90 Å². The lowest BCUT2D eigenvalue weighted by atomic mass is 9.93. The van der Waals surface area contributed by atoms with Crippen LogP contribution in [0.5, 0.6) is 0 Å². The quantitative estimate of drug-likeness (QED) is 0.315. The van der Waals surface area contributed by atoms with Crippen molar-refractivity contribution in [2.45, 2.75) is 35.5 Å². The number of hydrogen-bond donors (Lipinski definition) is 4. The minimum absolute atomic E-state index is 0.0211. The van der Waals surface area contributed by atoms with Crippen LogP contribution in [-0.2, 0) is 10.0 Å². The number of benzene rings is 1. The maximum atomic E-state index is 12.7. The first-order valence-electron chi connectivity index (χ1n) is 10.8. The monoisotopic (exact) mass is 479 g/mol. The van der Waals surface area contributed by atoms with Crippen LogP contribution in [0.4, 0.5) is 5.69 Å². The Labute approximate surface area is 192 Å². The van der Waals surface area contributed by atoms with Crippen LogP contribution in [0, 0.1) is 11.8 Å². The van der Waals surface area contributed by atoms with E-state index in [-0.39, 0.29) is 10.7 Å². The molecule has 32 heavy (non-hydrogen) atoms. The van der Waals surface area contributed by atoms with E-state index in [0.717, 1.165) is 69.5 Å². The van der Waals surface area contributed by atoms with Gasteiger partial charge >= 0.3 is 0 Å². The number of tetrazole rings is 1. The van der Waals surface area contributed by atoms with Crippen molar-refractivity contribution < 1.29 is 8.42 Å². The van der Waals surface area contributed by atoms with Crippen LogP contribution in [0.1, 0.15) is 25.7 Å². The zero-order valence-corrected chi connectivity index (χ0v) is 19.4. The molecule has 2 aliphatic heterocycles. The molecule has 11 nitrogen and oxygen atoms in total. The molecule has 1 unspecified atom stereocenters. The van der Waals surface area contributed by atoms with Crippen molar-refractivity contribution >= 4 is 33.9 Å². The van der Waals surface area contributed by atoms with Crippen molar-refractivity contribution in [3.63, 3.8) is 0 Å². The number of rotatable bonds is 8. The first-order chi connectivity index (χ1) is 15.5. The number of H-pyrrole nitrogens is 1. The van der Waals surface area contributed by atoms with E-state index in [2.05, 4.69) is 35.2 Å². The SMILES string of the molecule is NCCC1CCN(c2ccc(SN=CC3CCNC3)c(S(N)(=O)=O)c2-c2nn[nH]n2)CC1. The van der Waals surface area contributed by atoms with Crippen molar-refractivity contribution in [2.75, 3.05) is 37.6 Å². The Bertz CT molecular complexity index is 1030. The molecule has 0 saturated carbocycles. The van der Waals surface area contributed by atoms with E-state index in [1.807, 2.05) is 12.3 Å². The molecule has 13 heteroatoms. The highest BCUT2D eigenvalue weighted by Crippen LogP contribution is 2.41. The second-order valence-corrected chi connectivity index (χ2v) is 10.5. The number of primary sulfonamides is 1. The fourth-order valence-corrected chi connectivity index (χ4v) is 6.28. The molecule has 2 fully saturated rings. The molecule has 0 spiro atoms. The molecular weight excluding hydrogens is 450 g/mol. The highest BCUT2D eigenvalue weighted by atomic mass is 32.2. The topological polar surface area (TPSA) is 168 Å². The van der Waals surface area contributed by atoms with Crippen molar-refractivity contribution in [1.29, 1.82) is 0 Å². The largest absolute Gasteiger partial charge is 0.371 e. The van der Waals surface area contributed by atoms with Gasteiger partial charge in [-0.15, -0.1) is 10.2 Å². The molecule has 6 N–H and O–H groups in total. The predicted molar refractivity (Wildman–Crippen MR) is 125 cm³/mol. The lowest BCUT2D eigenvalue weighted by Crippen LogP contribution is -2.35. The Morgan fingerprint density at radius 2 is 2.09 bits per heavy atom. The summed E-state index contributed by atoms with van der Waals surface area (Å²) >= 11 is 1.10. The number of piperidine rings is 1. The number of nitrogens with zero attached hydrogens (tertiary/aromatic N) is 5. The van der Waals surface area contributed by atoms with E-state index in [9.17, 15) is 8.42 Å². The second kappa shape index (κ2) is 10.3. The van der Waals surface area contributed by atoms with Gasteiger partial charge < -0.3 is 16.0 Å². The third-order valence-corrected chi connectivity index (χ3v) is 7.89. The molecule has 4 rings (SSSR count). The molecule has 1 aromatic carbocycles. The molecule has 174 valence electrons. The molecule has 2 saturated heterocycles. The average molecular weight is 480 g/mol. The number of anilines is 1. The summed E-state index contributed by atoms with van der Waals surface area (Å²) in [5.74, 6) is 1.11. The number of hydrogen-bond acceptors (Lipinski definition) is 10. The number of sulfonamides is 1. The standard InChI is InChI=1S/C19H29N9O2S2/c20-7-3-13-5-9-28(10-6-13)15-1-2-16(31-23-12-14-4-8-22-11-14)18(32(21,29)30)17(15)19-24-26-27-25-19/h1-2,12-14,22H,3-11,20H2,(H2,21,29,30)(H,24,25,26,27). The van der Waals surface area contributed by atoms with Gasteiger partial charge in [-0.1, -0.05) is 0 Å². The van der Waals surface area contributed by atoms with Gasteiger partial charge in [0.05, 0.1) is 10.5 Å². The summed E-state index contributed by atoms with van der Waals surface area (Å²) in [5.41, 5.74) is 6.81. The van der Waals surface area contributed by atoms with Gasteiger partial charge in [-0.05, 0) is 62.0 Å². The summed E-state index contributed by atoms with van der Waals surface area (Å²) in [6.45, 7) is 4.09. The lowest BCUT2D eigenvalue weighted by Gasteiger charge is -2.35. The third-order valence-electron chi connectivity index (χ3n) is 6.00. The van der Waals surface area contributed by atoms with E-state index in [1.54, 1.807) is 6.07 Å². The molecule has 2 aromatic rings. The van der Waals surface area contributed by atoms with Crippen LogP contribution >= 0.6 is 11.9 Å². The molecule has 0 amide bonds. The summed E-state index contributed by atoms with van der Waals surface area (Å²) in [5, 5.41) is 23.2. The Kier molecular flexibility index (Phi) is 7.40.